The maximum absolute atomic E-state index is 13.1. The highest BCUT2D eigenvalue weighted by Gasteiger charge is 2.43. The lowest BCUT2D eigenvalue weighted by atomic mass is 10.0. The number of fused-ring (bicyclic) bond motifs is 1. The Hall–Kier alpha value is -4.25. The number of thioether (sulfide) groups is 1. The van der Waals surface area contributed by atoms with Crippen LogP contribution in [0.25, 0.3) is 0 Å². The van der Waals surface area contributed by atoms with Gasteiger partial charge in [0.1, 0.15) is 12.2 Å². The number of rotatable bonds is 7. The Balaban J connectivity index is 1.20. The van der Waals surface area contributed by atoms with E-state index >= 15 is 0 Å². The lowest BCUT2D eigenvalue weighted by molar-refractivity contribution is -0.286. The van der Waals surface area contributed by atoms with E-state index in [2.05, 4.69) is 66.6 Å². The van der Waals surface area contributed by atoms with Crippen molar-refractivity contribution in [2.45, 2.75) is 26.1 Å². The second-order valence-corrected chi connectivity index (χ2v) is 9.63. The molecule has 5 rings (SSSR count). The average molecular weight is 535 g/mol. The third-order valence-corrected chi connectivity index (χ3v) is 6.70. The predicted molar refractivity (Wildman–Crippen MR) is 148 cm³/mol. The first-order chi connectivity index (χ1) is 18.3. The molecule has 11 heteroatoms. The molecule has 0 spiro atoms. The highest BCUT2D eigenvalue weighted by atomic mass is 32.2. The molecular formula is C27H24F2N6O2S. The first kappa shape index (κ1) is 25.4. The zero-order chi connectivity index (χ0) is 26.7. The van der Waals surface area contributed by atoms with Gasteiger partial charge in [0.05, 0.1) is 17.8 Å². The summed E-state index contributed by atoms with van der Waals surface area (Å²) in [6.45, 7) is 4.36. The van der Waals surface area contributed by atoms with Crippen LogP contribution in [0.15, 0.2) is 86.9 Å². The molecule has 2 N–H and O–H groups in total. The Morgan fingerprint density at radius 1 is 1.05 bits per heavy atom. The van der Waals surface area contributed by atoms with Crippen molar-refractivity contribution in [3.63, 3.8) is 0 Å². The molecule has 0 radical (unpaired) electrons. The normalized spacial score (nSPS) is 17.7. The van der Waals surface area contributed by atoms with Gasteiger partial charge in [0.25, 0.3) is 0 Å². The van der Waals surface area contributed by atoms with Crippen molar-refractivity contribution in [3.8, 4) is 11.5 Å². The van der Waals surface area contributed by atoms with Crippen LogP contribution in [-0.2, 0) is 0 Å². The third kappa shape index (κ3) is 5.67. The molecule has 8 nitrogen and oxygen atoms in total. The fourth-order valence-electron chi connectivity index (χ4n) is 3.80. The van der Waals surface area contributed by atoms with Gasteiger partial charge in [-0.1, -0.05) is 68.1 Å². The monoisotopic (exact) mass is 534 g/mol. The van der Waals surface area contributed by atoms with E-state index < -0.39 is 6.29 Å². The van der Waals surface area contributed by atoms with Gasteiger partial charge in [-0.15, -0.1) is 13.9 Å². The minimum Gasteiger partial charge on any atom is -0.395 e. The van der Waals surface area contributed by atoms with E-state index in [1.807, 2.05) is 30.3 Å². The first-order valence-corrected chi connectivity index (χ1v) is 12.7. The fourth-order valence-corrected chi connectivity index (χ4v) is 4.51. The zero-order valence-corrected chi connectivity index (χ0v) is 21.4. The second kappa shape index (κ2) is 10.6. The van der Waals surface area contributed by atoms with E-state index in [0.717, 1.165) is 22.3 Å². The van der Waals surface area contributed by atoms with Crippen LogP contribution in [0, 0.1) is 0 Å². The third-order valence-electron chi connectivity index (χ3n) is 5.75. The summed E-state index contributed by atoms with van der Waals surface area (Å²) in [7, 11) is 0. The number of hydrogen-bond donors (Lipinski definition) is 1. The van der Waals surface area contributed by atoms with E-state index in [9.17, 15) is 8.78 Å². The highest BCUT2D eigenvalue weighted by molar-refractivity contribution is 8.16. The molecule has 0 amide bonds. The number of halogens is 2. The summed E-state index contributed by atoms with van der Waals surface area (Å²) in [5, 5.41) is 9.51. The van der Waals surface area contributed by atoms with Gasteiger partial charge in [0.2, 0.25) is 0 Å². The van der Waals surface area contributed by atoms with Crippen molar-refractivity contribution in [1.29, 1.82) is 0 Å². The lowest BCUT2D eigenvalue weighted by Crippen LogP contribution is -2.39. The number of benzene rings is 3. The van der Waals surface area contributed by atoms with Gasteiger partial charge in [-0.05, 0) is 35.2 Å². The number of anilines is 1. The van der Waals surface area contributed by atoms with E-state index in [-0.39, 0.29) is 17.3 Å². The number of amidine groups is 2. The summed E-state index contributed by atoms with van der Waals surface area (Å²) >= 11 is 1.65. The molecule has 0 saturated carbocycles. The van der Waals surface area contributed by atoms with Gasteiger partial charge in [-0.2, -0.15) is 5.10 Å². The molecule has 1 saturated heterocycles. The maximum Gasteiger partial charge on any atom is 0.586 e. The summed E-state index contributed by atoms with van der Waals surface area (Å²) in [6.07, 6.45) is -0.747. The quantitative estimate of drug-likeness (QED) is 0.225. The second-order valence-electron chi connectivity index (χ2n) is 8.72. The summed E-state index contributed by atoms with van der Waals surface area (Å²) in [5.74, 6) is 1.37. The number of hydrogen-bond acceptors (Lipinski definition) is 6. The van der Waals surface area contributed by atoms with Crippen LogP contribution in [0.5, 0.6) is 11.5 Å². The van der Waals surface area contributed by atoms with Gasteiger partial charge >= 0.3 is 6.29 Å². The van der Waals surface area contributed by atoms with Gasteiger partial charge in [-0.25, -0.2) is 9.98 Å². The molecule has 1 fully saturated rings. The number of nitrogens with zero attached hydrogens (tertiary/aromatic N) is 5. The molecule has 3 aromatic rings. The minimum absolute atomic E-state index is 0.0489. The average Bonchev–Trinajstić information content (AvgIpc) is 3.19. The van der Waals surface area contributed by atoms with Crippen molar-refractivity contribution in [1.82, 2.24) is 0 Å². The molecule has 194 valence electrons. The molecule has 0 aliphatic carbocycles. The van der Waals surface area contributed by atoms with Crippen LogP contribution >= 0.6 is 11.8 Å². The number of ether oxygens (including phenoxy) is 2. The molecule has 0 atom stereocenters. The van der Waals surface area contributed by atoms with Crippen molar-refractivity contribution in [2.75, 3.05) is 10.8 Å². The summed E-state index contributed by atoms with van der Waals surface area (Å²) in [5.41, 5.74) is 10.4. The van der Waals surface area contributed by atoms with Gasteiger partial charge in [0.15, 0.2) is 16.7 Å². The Kier molecular flexibility index (Phi) is 7.10. The number of nitrogens with two attached hydrogens (primary N) is 1. The predicted octanol–water partition coefficient (Wildman–Crippen LogP) is 6.10. The summed E-state index contributed by atoms with van der Waals surface area (Å²) in [4.78, 5) is 10.4. The molecule has 0 unspecified atom stereocenters. The van der Waals surface area contributed by atoms with Crippen molar-refractivity contribution < 1.29 is 18.3 Å². The molecule has 38 heavy (non-hydrogen) atoms. The van der Waals surface area contributed by atoms with E-state index in [1.165, 1.54) is 30.1 Å². The summed E-state index contributed by atoms with van der Waals surface area (Å²) < 4.78 is 35.1. The Labute approximate surface area is 222 Å². The smallest absolute Gasteiger partial charge is 0.395 e. The Bertz CT molecular complexity index is 1450. The van der Waals surface area contributed by atoms with Crippen molar-refractivity contribution in [3.05, 3.63) is 83.4 Å². The van der Waals surface area contributed by atoms with Gasteiger partial charge in [-0.3, -0.25) is 0 Å². The molecule has 0 aromatic heterocycles. The molecule has 2 aliphatic heterocycles. The number of alkyl halides is 2. The molecule has 2 heterocycles. The lowest BCUT2D eigenvalue weighted by Gasteiger charge is -2.34. The SMILES string of the molecule is CC(C)c1ccccc1N1CS/C1=N\N=C\c1ccc(C(N)=NC=Nc2ccc3c(c2)OC(F)(F)O3)cc1. The molecule has 0 bridgehead atoms. The largest absolute Gasteiger partial charge is 0.586 e. The van der Waals surface area contributed by atoms with E-state index in [1.54, 1.807) is 18.0 Å². The van der Waals surface area contributed by atoms with Crippen molar-refractivity contribution in [2.24, 2.45) is 25.9 Å². The van der Waals surface area contributed by atoms with Crippen LogP contribution in [0.4, 0.5) is 20.2 Å². The van der Waals surface area contributed by atoms with E-state index in [4.69, 9.17) is 5.73 Å². The topological polar surface area (TPSA) is 97.2 Å². The van der Waals surface area contributed by atoms with Crippen LogP contribution < -0.4 is 20.1 Å². The number of para-hydroxylation sites is 1. The van der Waals surface area contributed by atoms with Gasteiger partial charge in [0, 0.05) is 17.3 Å². The van der Waals surface area contributed by atoms with Crippen molar-refractivity contribution >= 4 is 46.7 Å². The standard InChI is InChI=1S/C27H24F2N6O2S/c1-17(2)21-5-3-4-6-22(21)35-16-38-26(35)34-33-14-18-7-9-19(10-8-18)25(30)32-15-31-20-11-12-23-24(13-20)37-27(28,29)36-23/h3-15,17H,16H2,1-2H3,(H2,30,31,32)/b33-14+,34-26-. The molecule has 2 aliphatic rings. The van der Waals surface area contributed by atoms with Crippen LogP contribution in [0.1, 0.15) is 36.5 Å². The number of aliphatic imine (C=N–C) groups is 2. The summed E-state index contributed by atoms with van der Waals surface area (Å²) in [6, 6.07) is 19.9. The minimum atomic E-state index is -3.67. The van der Waals surface area contributed by atoms with Crippen LogP contribution in [-0.4, -0.2) is 35.7 Å². The fraction of sp³-hybridized carbons (Fsp3) is 0.185. The van der Waals surface area contributed by atoms with Gasteiger partial charge < -0.3 is 20.1 Å². The van der Waals surface area contributed by atoms with Crippen LogP contribution in [0.2, 0.25) is 0 Å². The maximum atomic E-state index is 13.1. The van der Waals surface area contributed by atoms with E-state index in [0.29, 0.717) is 17.2 Å². The molecular weight excluding hydrogens is 510 g/mol. The Morgan fingerprint density at radius 2 is 1.82 bits per heavy atom. The molecule has 3 aromatic carbocycles. The first-order valence-electron chi connectivity index (χ1n) is 11.8. The highest BCUT2D eigenvalue weighted by Crippen LogP contribution is 2.42. The Morgan fingerprint density at radius 3 is 2.55 bits per heavy atom. The zero-order valence-electron chi connectivity index (χ0n) is 20.6. The van der Waals surface area contributed by atoms with Crippen LogP contribution in [0.3, 0.4) is 0 Å².